The van der Waals surface area contributed by atoms with Gasteiger partial charge in [0.1, 0.15) is 11.5 Å². The van der Waals surface area contributed by atoms with Crippen LogP contribution in [-0.2, 0) is 11.2 Å². The van der Waals surface area contributed by atoms with Crippen molar-refractivity contribution in [3.05, 3.63) is 59.7 Å². The minimum atomic E-state index is -0.109. The normalized spacial score (nSPS) is 10.1. The van der Waals surface area contributed by atoms with Crippen molar-refractivity contribution in [3.63, 3.8) is 0 Å². The SMILES string of the molecule is COc1ccc(CC(=O)N(C)CC(=O)c2ccc(OC)cc2)cc1. The van der Waals surface area contributed by atoms with Gasteiger partial charge in [0.2, 0.25) is 5.91 Å². The van der Waals surface area contributed by atoms with E-state index in [-0.39, 0.29) is 24.7 Å². The summed E-state index contributed by atoms with van der Waals surface area (Å²) in [4.78, 5) is 25.9. The lowest BCUT2D eigenvalue weighted by atomic mass is 10.1. The Balaban J connectivity index is 1.93. The molecule has 0 fully saturated rings. The molecule has 0 spiro atoms. The van der Waals surface area contributed by atoms with Crippen LogP contribution in [0.3, 0.4) is 0 Å². The van der Waals surface area contributed by atoms with E-state index in [2.05, 4.69) is 0 Å². The van der Waals surface area contributed by atoms with E-state index in [1.165, 1.54) is 4.90 Å². The van der Waals surface area contributed by atoms with Crippen LogP contribution in [0.4, 0.5) is 0 Å². The lowest BCUT2D eigenvalue weighted by Gasteiger charge is -2.16. The number of nitrogens with zero attached hydrogens (tertiary/aromatic N) is 1. The van der Waals surface area contributed by atoms with Gasteiger partial charge in [0.05, 0.1) is 27.2 Å². The molecule has 0 aromatic heterocycles. The van der Waals surface area contributed by atoms with Crippen molar-refractivity contribution in [2.75, 3.05) is 27.8 Å². The first-order valence-corrected chi connectivity index (χ1v) is 7.57. The molecule has 2 rings (SSSR count). The lowest BCUT2D eigenvalue weighted by Crippen LogP contribution is -2.33. The number of Topliss-reactive ketones (excluding diaryl/α,β-unsaturated/α-hetero) is 1. The predicted molar refractivity (Wildman–Crippen MR) is 91.7 cm³/mol. The fourth-order valence-corrected chi connectivity index (χ4v) is 2.22. The molecule has 0 saturated carbocycles. The van der Waals surface area contributed by atoms with Crippen LogP contribution >= 0.6 is 0 Å². The molecule has 5 nitrogen and oxygen atoms in total. The van der Waals surface area contributed by atoms with Crippen LogP contribution in [0.1, 0.15) is 15.9 Å². The zero-order chi connectivity index (χ0) is 17.5. The summed E-state index contributed by atoms with van der Waals surface area (Å²) >= 11 is 0. The number of hydrogen-bond donors (Lipinski definition) is 0. The van der Waals surface area contributed by atoms with Crippen LogP contribution < -0.4 is 9.47 Å². The van der Waals surface area contributed by atoms with Crippen molar-refractivity contribution in [2.45, 2.75) is 6.42 Å². The molecular formula is C19H21NO4. The van der Waals surface area contributed by atoms with Crippen LogP contribution in [0.5, 0.6) is 11.5 Å². The molecule has 5 heteroatoms. The van der Waals surface area contributed by atoms with Crippen molar-refractivity contribution >= 4 is 11.7 Å². The Hall–Kier alpha value is -2.82. The summed E-state index contributed by atoms with van der Waals surface area (Å²) in [6, 6.07) is 14.2. The highest BCUT2D eigenvalue weighted by Crippen LogP contribution is 2.14. The summed E-state index contributed by atoms with van der Waals surface area (Å²) in [6.45, 7) is 0.0430. The molecule has 126 valence electrons. The molecule has 0 radical (unpaired) electrons. The third kappa shape index (κ3) is 4.59. The number of ether oxygens (including phenoxy) is 2. The van der Waals surface area contributed by atoms with Crippen LogP contribution in [0.15, 0.2) is 48.5 Å². The third-order valence-corrected chi connectivity index (χ3v) is 3.73. The Bertz CT molecular complexity index is 692. The van der Waals surface area contributed by atoms with Crippen molar-refractivity contribution in [3.8, 4) is 11.5 Å². The lowest BCUT2D eigenvalue weighted by molar-refractivity contribution is -0.128. The summed E-state index contributed by atoms with van der Waals surface area (Å²) in [5.41, 5.74) is 1.43. The molecular weight excluding hydrogens is 306 g/mol. The fraction of sp³-hybridized carbons (Fsp3) is 0.263. The molecule has 24 heavy (non-hydrogen) atoms. The molecule has 0 bridgehead atoms. The largest absolute Gasteiger partial charge is 0.497 e. The molecule has 2 aromatic rings. The van der Waals surface area contributed by atoms with E-state index in [4.69, 9.17) is 9.47 Å². The Labute approximate surface area is 141 Å². The maximum atomic E-state index is 12.3. The summed E-state index contributed by atoms with van der Waals surface area (Å²) in [6.07, 6.45) is 0.246. The van der Waals surface area contributed by atoms with Crippen LogP contribution in [0, 0.1) is 0 Å². The van der Waals surface area contributed by atoms with Gasteiger partial charge in [-0.05, 0) is 42.0 Å². The average molecular weight is 327 g/mol. The number of carbonyl (C=O) groups excluding carboxylic acids is 2. The second kappa shape index (κ2) is 8.15. The first-order chi connectivity index (χ1) is 11.5. The molecule has 0 aliphatic rings. The number of rotatable bonds is 7. The van der Waals surface area contributed by atoms with Crippen molar-refractivity contribution in [1.82, 2.24) is 4.90 Å². The van der Waals surface area contributed by atoms with E-state index < -0.39 is 0 Å². The van der Waals surface area contributed by atoms with Crippen LogP contribution in [0.25, 0.3) is 0 Å². The molecule has 0 saturated heterocycles. The zero-order valence-electron chi connectivity index (χ0n) is 14.1. The molecule has 0 aliphatic heterocycles. The number of benzene rings is 2. The maximum absolute atomic E-state index is 12.3. The number of carbonyl (C=O) groups is 2. The Morgan fingerprint density at radius 2 is 1.38 bits per heavy atom. The van der Waals surface area contributed by atoms with Gasteiger partial charge in [-0.25, -0.2) is 0 Å². The van der Waals surface area contributed by atoms with Gasteiger partial charge in [0.15, 0.2) is 5.78 Å². The number of methoxy groups -OCH3 is 2. The quantitative estimate of drug-likeness (QED) is 0.734. The summed E-state index contributed by atoms with van der Waals surface area (Å²) in [7, 11) is 4.80. The molecule has 0 atom stereocenters. The first-order valence-electron chi connectivity index (χ1n) is 7.57. The van der Waals surface area contributed by atoms with Crippen molar-refractivity contribution < 1.29 is 19.1 Å². The predicted octanol–water partition coefficient (Wildman–Crippen LogP) is 2.59. The average Bonchev–Trinajstić information content (AvgIpc) is 2.62. The highest BCUT2D eigenvalue weighted by atomic mass is 16.5. The highest BCUT2D eigenvalue weighted by molar-refractivity contribution is 5.99. The Morgan fingerprint density at radius 3 is 1.88 bits per heavy atom. The van der Waals surface area contributed by atoms with E-state index >= 15 is 0 Å². The molecule has 1 amide bonds. The standard InChI is InChI=1S/C19H21NO4/c1-20(13-18(21)15-6-10-17(24-3)11-7-15)19(22)12-14-4-8-16(23-2)9-5-14/h4-11H,12-13H2,1-3H3. The number of ketones is 1. The molecule has 2 aromatic carbocycles. The Kier molecular flexibility index (Phi) is 5.95. The van der Waals surface area contributed by atoms with Gasteiger partial charge in [-0.3, -0.25) is 9.59 Å². The van der Waals surface area contributed by atoms with Gasteiger partial charge >= 0.3 is 0 Å². The fourth-order valence-electron chi connectivity index (χ4n) is 2.22. The molecule has 0 unspecified atom stereocenters. The minimum Gasteiger partial charge on any atom is -0.497 e. The van der Waals surface area contributed by atoms with Gasteiger partial charge in [-0.15, -0.1) is 0 Å². The van der Waals surface area contributed by atoms with E-state index in [1.807, 2.05) is 24.3 Å². The Morgan fingerprint density at radius 1 is 0.875 bits per heavy atom. The zero-order valence-corrected chi connectivity index (χ0v) is 14.1. The van der Waals surface area contributed by atoms with Crippen molar-refractivity contribution in [1.29, 1.82) is 0 Å². The van der Waals surface area contributed by atoms with Gasteiger partial charge in [-0.1, -0.05) is 12.1 Å². The number of amides is 1. The van der Waals surface area contributed by atoms with E-state index in [1.54, 1.807) is 45.5 Å². The second-order valence-corrected chi connectivity index (χ2v) is 5.43. The van der Waals surface area contributed by atoms with Crippen LogP contribution in [-0.4, -0.2) is 44.4 Å². The number of likely N-dealkylation sites (N-methyl/N-ethyl adjacent to an activating group) is 1. The van der Waals surface area contributed by atoms with E-state index in [0.29, 0.717) is 11.3 Å². The third-order valence-electron chi connectivity index (χ3n) is 3.73. The second-order valence-electron chi connectivity index (χ2n) is 5.43. The molecule has 0 heterocycles. The smallest absolute Gasteiger partial charge is 0.227 e. The number of hydrogen-bond acceptors (Lipinski definition) is 4. The summed E-state index contributed by atoms with van der Waals surface area (Å²) in [5, 5.41) is 0. The monoisotopic (exact) mass is 327 g/mol. The van der Waals surface area contributed by atoms with E-state index in [0.717, 1.165) is 11.3 Å². The summed E-state index contributed by atoms with van der Waals surface area (Å²) < 4.78 is 10.2. The first kappa shape index (κ1) is 17.5. The molecule has 0 N–H and O–H groups in total. The van der Waals surface area contributed by atoms with Gasteiger partial charge in [0, 0.05) is 12.6 Å². The van der Waals surface area contributed by atoms with Crippen molar-refractivity contribution in [2.24, 2.45) is 0 Å². The van der Waals surface area contributed by atoms with Gasteiger partial charge in [-0.2, -0.15) is 0 Å². The molecule has 0 aliphatic carbocycles. The highest BCUT2D eigenvalue weighted by Gasteiger charge is 2.15. The van der Waals surface area contributed by atoms with Crippen LogP contribution in [0.2, 0.25) is 0 Å². The topological polar surface area (TPSA) is 55.8 Å². The van der Waals surface area contributed by atoms with Gasteiger partial charge < -0.3 is 14.4 Å². The summed E-state index contributed by atoms with van der Waals surface area (Å²) in [5.74, 6) is 1.22. The van der Waals surface area contributed by atoms with Gasteiger partial charge in [0.25, 0.3) is 0 Å². The minimum absolute atomic E-state index is 0.0430. The maximum Gasteiger partial charge on any atom is 0.227 e. The van der Waals surface area contributed by atoms with E-state index in [9.17, 15) is 9.59 Å².